The van der Waals surface area contributed by atoms with Crippen LogP contribution in [0.25, 0.3) is 0 Å². The molecule has 0 spiro atoms. The first-order valence-electron chi connectivity index (χ1n) is 6.26. The number of hydrogen-bond donors (Lipinski definition) is 2. The zero-order chi connectivity index (χ0) is 14.3. The van der Waals surface area contributed by atoms with Crippen LogP contribution in [0.5, 0.6) is 0 Å². The summed E-state index contributed by atoms with van der Waals surface area (Å²) in [7, 11) is 1.67. The smallest absolute Gasteiger partial charge is 0.170 e. The van der Waals surface area contributed by atoms with Gasteiger partial charge >= 0.3 is 0 Å². The van der Waals surface area contributed by atoms with Gasteiger partial charge in [0, 0.05) is 32.0 Å². The van der Waals surface area contributed by atoms with Gasteiger partial charge in [0.15, 0.2) is 5.84 Å². The molecule has 6 heteroatoms. The van der Waals surface area contributed by atoms with Gasteiger partial charge in [-0.1, -0.05) is 19.0 Å². The molecule has 0 atom stereocenters. The van der Waals surface area contributed by atoms with Crippen molar-refractivity contribution in [1.29, 1.82) is 0 Å². The zero-order valence-electron chi connectivity index (χ0n) is 11.7. The summed E-state index contributed by atoms with van der Waals surface area (Å²) in [6.45, 7) is 6.54. The predicted molar refractivity (Wildman–Crippen MR) is 75.7 cm³/mol. The second-order valence-corrected chi connectivity index (χ2v) is 4.72. The summed E-state index contributed by atoms with van der Waals surface area (Å²) >= 11 is 0. The molecule has 3 N–H and O–H groups in total. The van der Waals surface area contributed by atoms with Crippen LogP contribution in [0.1, 0.15) is 19.4 Å². The number of oxime groups is 1. The molecule has 0 aromatic carbocycles. The molecule has 0 bridgehead atoms. The predicted octanol–water partition coefficient (Wildman–Crippen LogP) is 1.28. The fourth-order valence-corrected chi connectivity index (χ4v) is 1.75. The summed E-state index contributed by atoms with van der Waals surface area (Å²) in [6.07, 6.45) is 1.66. The molecule has 0 aliphatic rings. The highest BCUT2D eigenvalue weighted by Gasteiger charge is 2.11. The number of aromatic nitrogens is 1. The Hall–Kier alpha value is -1.82. The summed E-state index contributed by atoms with van der Waals surface area (Å²) in [5.74, 6) is 1.39. The summed E-state index contributed by atoms with van der Waals surface area (Å²) in [5.41, 5.74) is 6.25. The summed E-state index contributed by atoms with van der Waals surface area (Å²) in [5, 5.41) is 11.7. The monoisotopic (exact) mass is 266 g/mol. The fraction of sp³-hybridized carbons (Fsp3) is 0.538. The van der Waals surface area contributed by atoms with Gasteiger partial charge in [0.05, 0.1) is 6.61 Å². The van der Waals surface area contributed by atoms with E-state index >= 15 is 0 Å². The number of methoxy groups -OCH3 is 1. The van der Waals surface area contributed by atoms with Crippen LogP contribution in [-0.4, -0.2) is 42.8 Å². The average molecular weight is 266 g/mol. The minimum atomic E-state index is 0.0832. The lowest BCUT2D eigenvalue weighted by molar-refractivity contribution is 0.204. The van der Waals surface area contributed by atoms with Crippen LogP contribution in [0.3, 0.4) is 0 Å². The Kier molecular flexibility index (Phi) is 6.08. The van der Waals surface area contributed by atoms with Crippen LogP contribution < -0.4 is 10.6 Å². The Labute approximate surface area is 113 Å². The SMILES string of the molecule is COCCN(CC(C)C)c1cc(C(N)=NO)ccn1. The second kappa shape index (κ2) is 7.58. The molecular weight excluding hydrogens is 244 g/mol. The van der Waals surface area contributed by atoms with Crippen molar-refractivity contribution in [2.75, 3.05) is 31.7 Å². The molecule has 0 saturated carbocycles. The van der Waals surface area contributed by atoms with E-state index in [9.17, 15) is 0 Å². The van der Waals surface area contributed by atoms with E-state index in [1.165, 1.54) is 0 Å². The lowest BCUT2D eigenvalue weighted by atomic mass is 10.2. The topological polar surface area (TPSA) is 84.0 Å². The van der Waals surface area contributed by atoms with Crippen molar-refractivity contribution in [2.24, 2.45) is 16.8 Å². The number of amidine groups is 1. The van der Waals surface area contributed by atoms with Crippen molar-refractivity contribution in [3.63, 3.8) is 0 Å². The molecule has 6 nitrogen and oxygen atoms in total. The maximum absolute atomic E-state index is 8.71. The third kappa shape index (κ3) is 4.75. The number of ether oxygens (including phenoxy) is 1. The maximum atomic E-state index is 8.71. The number of nitrogens with zero attached hydrogens (tertiary/aromatic N) is 3. The van der Waals surface area contributed by atoms with Gasteiger partial charge in [0.25, 0.3) is 0 Å². The highest BCUT2D eigenvalue weighted by Crippen LogP contribution is 2.14. The molecule has 106 valence electrons. The largest absolute Gasteiger partial charge is 0.409 e. The van der Waals surface area contributed by atoms with Crippen LogP contribution in [0.2, 0.25) is 0 Å². The minimum Gasteiger partial charge on any atom is -0.409 e. The molecule has 1 aromatic rings. The number of pyridine rings is 1. The Balaban J connectivity index is 2.94. The van der Waals surface area contributed by atoms with Gasteiger partial charge in [-0.2, -0.15) is 0 Å². The molecule has 19 heavy (non-hydrogen) atoms. The first kappa shape index (κ1) is 15.2. The fourth-order valence-electron chi connectivity index (χ4n) is 1.75. The van der Waals surface area contributed by atoms with Gasteiger partial charge in [0.2, 0.25) is 0 Å². The standard InChI is InChI=1S/C13H22N4O2/c1-10(2)9-17(6-7-19-3)12-8-11(4-5-15-12)13(14)16-18/h4-5,8,10,18H,6-7,9H2,1-3H3,(H2,14,16). The van der Waals surface area contributed by atoms with Crippen LogP contribution in [0, 0.1) is 5.92 Å². The van der Waals surface area contributed by atoms with Crippen LogP contribution in [0.15, 0.2) is 23.5 Å². The quantitative estimate of drug-likeness (QED) is 0.336. The van der Waals surface area contributed by atoms with Crippen LogP contribution >= 0.6 is 0 Å². The third-order valence-electron chi connectivity index (χ3n) is 2.62. The first-order chi connectivity index (χ1) is 9.08. The molecule has 0 aliphatic carbocycles. The minimum absolute atomic E-state index is 0.0832. The lowest BCUT2D eigenvalue weighted by Gasteiger charge is -2.25. The van der Waals surface area contributed by atoms with Gasteiger partial charge in [-0.15, -0.1) is 0 Å². The van der Waals surface area contributed by atoms with Crippen molar-refractivity contribution < 1.29 is 9.94 Å². The van der Waals surface area contributed by atoms with E-state index in [-0.39, 0.29) is 5.84 Å². The first-order valence-corrected chi connectivity index (χ1v) is 6.26. The van der Waals surface area contributed by atoms with Crippen molar-refractivity contribution in [2.45, 2.75) is 13.8 Å². The van der Waals surface area contributed by atoms with Crippen molar-refractivity contribution in [1.82, 2.24) is 4.98 Å². The van der Waals surface area contributed by atoms with Crippen molar-refractivity contribution >= 4 is 11.7 Å². The number of hydrogen-bond acceptors (Lipinski definition) is 5. The van der Waals surface area contributed by atoms with Gasteiger partial charge in [-0.05, 0) is 18.1 Å². The molecule has 0 fully saturated rings. The third-order valence-corrected chi connectivity index (χ3v) is 2.62. The molecule has 0 aliphatic heterocycles. The number of anilines is 1. The molecule has 0 radical (unpaired) electrons. The number of nitrogens with two attached hydrogens (primary N) is 1. The molecule has 0 amide bonds. The van der Waals surface area contributed by atoms with E-state index in [1.807, 2.05) is 6.07 Å². The lowest BCUT2D eigenvalue weighted by Crippen LogP contribution is -2.32. The Morgan fingerprint density at radius 1 is 1.58 bits per heavy atom. The normalized spacial score (nSPS) is 11.9. The highest BCUT2D eigenvalue weighted by atomic mass is 16.5. The van der Waals surface area contributed by atoms with Crippen molar-refractivity contribution in [3.8, 4) is 0 Å². The molecule has 0 unspecified atom stereocenters. The highest BCUT2D eigenvalue weighted by molar-refractivity contribution is 5.97. The van der Waals surface area contributed by atoms with Gasteiger partial charge in [-0.25, -0.2) is 4.98 Å². The Morgan fingerprint density at radius 2 is 2.32 bits per heavy atom. The molecule has 1 heterocycles. The molecular formula is C13H22N4O2. The molecule has 1 aromatic heterocycles. The number of rotatable bonds is 7. The van der Waals surface area contributed by atoms with E-state index in [4.69, 9.17) is 15.7 Å². The van der Waals surface area contributed by atoms with E-state index in [2.05, 4.69) is 28.9 Å². The van der Waals surface area contributed by atoms with E-state index in [0.717, 1.165) is 18.9 Å². The van der Waals surface area contributed by atoms with Gasteiger partial charge in [0.1, 0.15) is 5.82 Å². The van der Waals surface area contributed by atoms with Crippen LogP contribution in [-0.2, 0) is 4.74 Å². The van der Waals surface area contributed by atoms with Crippen molar-refractivity contribution in [3.05, 3.63) is 23.9 Å². The Morgan fingerprint density at radius 3 is 2.89 bits per heavy atom. The maximum Gasteiger partial charge on any atom is 0.170 e. The second-order valence-electron chi connectivity index (χ2n) is 4.72. The molecule has 1 rings (SSSR count). The molecule has 0 saturated heterocycles. The van der Waals surface area contributed by atoms with Gasteiger partial charge < -0.3 is 20.6 Å². The summed E-state index contributed by atoms with van der Waals surface area (Å²) in [6, 6.07) is 3.52. The van der Waals surface area contributed by atoms with Gasteiger partial charge in [-0.3, -0.25) is 0 Å². The summed E-state index contributed by atoms with van der Waals surface area (Å²) < 4.78 is 5.12. The van der Waals surface area contributed by atoms with E-state index in [0.29, 0.717) is 18.1 Å². The summed E-state index contributed by atoms with van der Waals surface area (Å²) in [4.78, 5) is 6.47. The van der Waals surface area contributed by atoms with E-state index in [1.54, 1.807) is 19.4 Å². The average Bonchev–Trinajstić information content (AvgIpc) is 2.42. The van der Waals surface area contributed by atoms with E-state index < -0.39 is 0 Å². The zero-order valence-corrected chi connectivity index (χ0v) is 11.7. The Bertz CT molecular complexity index is 421. The van der Waals surface area contributed by atoms with Crippen LogP contribution in [0.4, 0.5) is 5.82 Å².